The van der Waals surface area contributed by atoms with Crippen LogP contribution in [-0.2, 0) is 4.79 Å². The second kappa shape index (κ2) is 5.08. The van der Waals surface area contributed by atoms with Gasteiger partial charge >= 0.3 is 5.97 Å². The molecule has 1 aromatic carbocycles. The molecule has 100 valence electrons. The number of carboxylic acids is 1. The lowest BCUT2D eigenvalue weighted by Crippen LogP contribution is -2.11. The van der Waals surface area contributed by atoms with E-state index in [-0.39, 0.29) is 6.42 Å². The maximum absolute atomic E-state index is 11.1. The Hall–Kier alpha value is -2.76. The maximum Gasteiger partial charge on any atom is 0.304 e. The first kappa shape index (κ1) is 12.3. The van der Waals surface area contributed by atoms with Crippen molar-refractivity contribution >= 4 is 17.1 Å². The highest BCUT2D eigenvalue weighted by Crippen LogP contribution is 2.27. The zero-order valence-corrected chi connectivity index (χ0v) is 10.4. The Kier molecular flexibility index (Phi) is 3.12. The molecule has 0 spiro atoms. The van der Waals surface area contributed by atoms with E-state index in [0.29, 0.717) is 11.4 Å². The predicted octanol–water partition coefficient (Wildman–Crippen LogP) is 2.22. The lowest BCUT2D eigenvalue weighted by Gasteiger charge is -2.13. The first-order valence-corrected chi connectivity index (χ1v) is 6.06. The molecule has 6 heteroatoms. The quantitative estimate of drug-likeness (QED) is 0.781. The molecule has 0 bridgehead atoms. The molecule has 0 radical (unpaired) electrons. The summed E-state index contributed by atoms with van der Waals surface area (Å²) < 4.78 is 5.25. The highest BCUT2D eigenvalue weighted by Gasteiger charge is 2.21. The number of benzene rings is 1. The van der Waals surface area contributed by atoms with Gasteiger partial charge in [0, 0.05) is 12.4 Å². The molecule has 3 rings (SSSR count). The van der Waals surface area contributed by atoms with Crippen LogP contribution < -0.4 is 0 Å². The van der Waals surface area contributed by atoms with Gasteiger partial charge in [0.1, 0.15) is 11.3 Å². The normalized spacial score (nSPS) is 12.4. The number of nitrogens with zero attached hydrogens (tertiary/aromatic N) is 3. The first-order valence-electron chi connectivity index (χ1n) is 6.06. The van der Waals surface area contributed by atoms with E-state index in [1.54, 1.807) is 30.6 Å². The number of hydrogen-bond donors (Lipinski definition) is 1. The number of rotatable bonds is 4. The third-order valence-corrected chi connectivity index (χ3v) is 3.03. The van der Waals surface area contributed by atoms with Gasteiger partial charge in [-0.1, -0.05) is 6.07 Å². The van der Waals surface area contributed by atoms with Gasteiger partial charge in [0.25, 0.3) is 0 Å². The average molecular weight is 269 g/mol. The fourth-order valence-electron chi connectivity index (χ4n) is 2.11. The van der Waals surface area contributed by atoms with Crippen LogP contribution in [0.25, 0.3) is 11.1 Å². The molecule has 3 aromatic rings. The molecule has 0 saturated carbocycles. The lowest BCUT2D eigenvalue weighted by atomic mass is 9.94. The molecule has 0 fully saturated rings. The van der Waals surface area contributed by atoms with E-state index in [1.165, 1.54) is 6.39 Å². The van der Waals surface area contributed by atoms with E-state index in [4.69, 9.17) is 9.52 Å². The molecule has 0 aliphatic rings. The summed E-state index contributed by atoms with van der Waals surface area (Å²) in [5.74, 6) is -0.836. The minimum atomic E-state index is -0.903. The number of carbonyl (C=O) groups is 1. The molecule has 1 atom stereocenters. The maximum atomic E-state index is 11.1. The summed E-state index contributed by atoms with van der Waals surface area (Å²) in [5, 5.41) is 9.09. The molecule has 0 saturated heterocycles. The number of oxazole rings is 1. The minimum Gasteiger partial charge on any atom is -0.481 e. The van der Waals surface area contributed by atoms with Crippen LogP contribution in [0.4, 0.5) is 0 Å². The number of hydrogen-bond acceptors (Lipinski definition) is 5. The molecule has 1 N–H and O–H groups in total. The number of fused-ring (bicyclic) bond motifs is 1. The van der Waals surface area contributed by atoms with Gasteiger partial charge < -0.3 is 9.52 Å². The topological polar surface area (TPSA) is 89.1 Å². The molecule has 6 nitrogen and oxygen atoms in total. The third kappa shape index (κ3) is 2.35. The fourth-order valence-corrected chi connectivity index (χ4v) is 2.11. The smallest absolute Gasteiger partial charge is 0.304 e. The Morgan fingerprint density at radius 2 is 2.05 bits per heavy atom. The van der Waals surface area contributed by atoms with Crippen LogP contribution in [0.5, 0.6) is 0 Å². The van der Waals surface area contributed by atoms with E-state index in [9.17, 15) is 4.79 Å². The van der Waals surface area contributed by atoms with Crippen molar-refractivity contribution in [3.63, 3.8) is 0 Å². The molecule has 0 aliphatic carbocycles. The Morgan fingerprint density at radius 3 is 2.80 bits per heavy atom. The average Bonchev–Trinajstić information content (AvgIpc) is 2.93. The second-order valence-electron chi connectivity index (χ2n) is 4.34. The van der Waals surface area contributed by atoms with Crippen LogP contribution >= 0.6 is 0 Å². The van der Waals surface area contributed by atoms with Crippen LogP contribution in [-0.4, -0.2) is 26.0 Å². The molecular weight excluding hydrogens is 258 g/mol. The predicted molar refractivity (Wildman–Crippen MR) is 70.1 cm³/mol. The summed E-state index contributed by atoms with van der Waals surface area (Å²) in [6.45, 7) is 0. The van der Waals surface area contributed by atoms with Gasteiger partial charge in [-0.15, -0.1) is 0 Å². The molecule has 20 heavy (non-hydrogen) atoms. The Labute approximate surface area is 114 Å². The summed E-state index contributed by atoms with van der Waals surface area (Å²) in [6, 6.07) is 7.11. The third-order valence-electron chi connectivity index (χ3n) is 3.03. The largest absolute Gasteiger partial charge is 0.481 e. The number of aromatic nitrogens is 3. The van der Waals surface area contributed by atoms with Gasteiger partial charge in [-0.25, -0.2) is 15.0 Å². The fraction of sp³-hybridized carbons (Fsp3) is 0.143. The summed E-state index contributed by atoms with van der Waals surface area (Å²) in [7, 11) is 0. The SMILES string of the molecule is O=C(O)CC(c1ccc2ncoc2c1)c1ncccn1. The van der Waals surface area contributed by atoms with Crippen molar-refractivity contribution in [1.82, 2.24) is 15.0 Å². The van der Waals surface area contributed by atoms with Gasteiger partial charge in [-0.3, -0.25) is 4.79 Å². The molecule has 0 amide bonds. The van der Waals surface area contributed by atoms with Crippen LogP contribution in [0.15, 0.2) is 47.5 Å². The van der Waals surface area contributed by atoms with Gasteiger partial charge in [0.15, 0.2) is 12.0 Å². The summed E-state index contributed by atoms with van der Waals surface area (Å²) >= 11 is 0. The van der Waals surface area contributed by atoms with Crippen molar-refractivity contribution < 1.29 is 14.3 Å². The highest BCUT2D eigenvalue weighted by molar-refractivity contribution is 5.74. The van der Waals surface area contributed by atoms with Crippen molar-refractivity contribution in [2.75, 3.05) is 0 Å². The number of carboxylic acid groups (broad SMARTS) is 1. The van der Waals surface area contributed by atoms with Gasteiger partial charge in [-0.2, -0.15) is 0 Å². The molecule has 0 aliphatic heterocycles. The zero-order valence-electron chi connectivity index (χ0n) is 10.4. The van der Waals surface area contributed by atoms with Crippen molar-refractivity contribution in [2.45, 2.75) is 12.3 Å². The summed E-state index contributed by atoms with van der Waals surface area (Å²) in [5.41, 5.74) is 2.15. The standard InChI is InChI=1S/C14H11N3O3/c18-13(19)7-10(14-15-4-1-5-16-14)9-2-3-11-12(6-9)20-8-17-11/h1-6,8,10H,7H2,(H,18,19). The van der Waals surface area contributed by atoms with Crippen molar-refractivity contribution in [3.8, 4) is 0 Å². The van der Waals surface area contributed by atoms with Gasteiger partial charge in [0.05, 0.1) is 12.3 Å². The first-order chi connectivity index (χ1) is 9.74. The number of aliphatic carboxylic acids is 1. The molecular formula is C14H11N3O3. The highest BCUT2D eigenvalue weighted by atomic mass is 16.4. The van der Waals surface area contributed by atoms with E-state index < -0.39 is 11.9 Å². The Bertz CT molecular complexity index is 740. The van der Waals surface area contributed by atoms with Crippen molar-refractivity contribution in [2.24, 2.45) is 0 Å². The second-order valence-corrected chi connectivity index (χ2v) is 4.34. The van der Waals surface area contributed by atoms with Gasteiger partial charge in [0.2, 0.25) is 0 Å². The van der Waals surface area contributed by atoms with E-state index >= 15 is 0 Å². The van der Waals surface area contributed by atoms with Crippen LogP contribution in [0.1, 0.15) is 23.7 Å². The van der Waals surface area contributed by atoms with Gasteiger partial charge in [-0.05, 0) is 23.8 Å². The molecule has 2 heterocycles. The zero-order chi connectivity index (χ0) is 13.9. The molecule has 1 unspecified atom stereocenters. The van der Waals surface area contributed by atoms with Crippen LogP contribution in [0.3, 0.4) is 0 Å². The van der Waals surface area contributed by atoms with Crippen molar-refractivity contribution in [1.29, 1.82) is 0 Å². The van der Waals surface area contributed by atoms with E-state index in [1.807, 2.05) is 6.07 Å². The Morgan fingerprint density at radius 1 is 1.25 bits per heavy atom. The van der Waals surface area contributed by atoms with E-state index in [2.05, 4.69) is 15.0 Å². The van der Waals surface area contributed by atoms with Crippen molar-refractivity contribution in [3.05, 3.63) is 54.4 Å². The minimum absolute atomic E-state index is 0.0797. The Balaban J connectivity index is 2.06. The van der Waals surface area contributed by atoms with Crippen LogP contribution in [0, 0.1) is 0 Å². The van der Waals surface area contributed by atoms with E-state index in [0.717, 1.165) is 11.1 Å². The monoisotopic (exact) mass is 269 g/mol. The van der Waals surface area contributed by atoms with Crippen LogP contribution in [0.2, 0.25) is 0 Å². The lowest BCUT2D eigenvalue weighted by molar-refractivity contribution is -0.137. The summed E-state index contributed by atoms with van der Waals surface area (Å²) in [4.78, 5) is 23.4. The summed E-state index contributed by atoms with van der Waals surface area (Å²) in [6.07, 6.45) is 4.48. The molecule has 2 aromatic heterocycles.